The van der Waals surface area contributed by atoms with Crippen LogP contribution in [0.2, 0.25) is 0 Å². The van der Waals surface area contributed by atoms with Gasteiger partial charge in [-0.2, -0.15) is 0 Å². The van der Waals surface area contributed by atoms with Crippen LogP contribution in [-0.4, -0.2) is 73.4 Å². The second kappa shape index (κ2) is 11.2. The fourth-order valence-electron chi connectivity index (χ4n) is 7.73. The third kappa shape index (κ3) is 5.49. The molecule has 4 fully saturated rings. The first-order valence-corrected chi connectivity index (χ1v) is 15.8. The van der Waals surface area contributed by atoms with Crippen LogP contribution in [-0.2, 0) is 6.54 Å². The number of halogens is 3. The summed E-state index contributed by atoms with van der Waals surface area (Å²) >= 11 is 0. The van der Waals surface area contributed by atoms with Gasteiger partial charge in [0.1, 0.15) is 23.1 Å². The molecule has 4 aliphatic rings. The first kappa shape index (κ1) is 29.3. The molecular formula is C33H39F3N6O2. The van der Waals surface area contributed by atoms with Crippen molar-refractivity contribution in [2.24, 2.45) is 0 Å². The molecule has 0 bridgehead atoms. The number of hydrogen-bond donors (Lipinski definition) is 1. The molecule has 0 unspecified atom stereocenters. The molecular weight excluding hydrogens is 569 g/mol. The van der Waals surface area contributed by atoms with Gasteiger partial charge in [0.2, 0.25) is 0 Å². The number of piperazine rings is 1. The number of pyridine rings is 1. The second-order valence-electron chi connectivity index (χ2n) is 13.5. The van der Waals surface area contributed by atoms with Crippen LogP contribution in [0.25, 0.3) is 5.65 Å². The summed E-state index contributed by atoms with van der Waals surface area (Å²) in [5, 5.41) is 3.70. The Balaban J connectivity index is 1.13. The molecule has 2 aliphatic carbocycles. The quantitative estimate of drug-likeness (QED) is 0.441. The summed E-state index contributed by atoms with van der Waals surface area (Å²) in [5.74, 6) is -1.52. The molecule has 2 aromatic heterocycles. The van der Waals surface area contributed by atoms with Crippen molar-refractivity contribution >= 4 is 11.7 Å². The maximum atomic E-state index is 15.2. The molecule has 2 atom stereocenters. The van der Waals surface area contributed by atoms with Crippen molar-refractivity contribution in [1.82, 2.24) is 29.4 Å². The van der Waals surface area contributed by atoms with Crippen molar-refractivity contribution in [3.8, 4) is 0 Å². The number of likely N-dealkylation sites (tertiary alicyclic amines) is 1. The molecule has 3 aromatic rings. The molecule has 2 saturated heterocycles. The molecule has 7 rings (SSSR count). The fraction of sp³-hybridized carbons (Fsp3) is 0.545. The van der Waals surface area contributed by atoms with Crippen LogP contribution in [0.1, 0.15) is 75.5 Å². The van der Waals surface area contributed by atoms with Gasteiger partial charge in [0, 0.05) is 67.8 Å². The molecule has 2 amide bonds. The summed E-state index contributed by atoms with van der Waals surface area (Å²) in [5.41, 5.74) is 0.588. The molecule has 1 spiro atoms. The zero-order valence-electron chi connectivity index (χ0n) is 25.1. The summed E-state index contributed by atoms with van der Waals surface area (Å²) in [6.07, 6.45) is 10.0. The van der Waals surface area contributed by atoms with Crippen LogP contribution >= 0.6 is 0 Å². The zero-order chi connectivity index (χ0) is 30.6. The lowest BCUT2D eigenvalue weighted by molar-refractivity contribution is -0.00271. The van der Waals surface area contributed by atoms with E-state index in [4.69, 9.17) is 0 Å². The standard InChI is InChI=1S/C33H39F3N6O2/c1-32(11-12-32)38-25-8-13-41(28(17-25)26-16-23(34)4-6-27(26)36)31(44)39-14-15-40(33(21-39)9-2-3-10-33)19-22-18-37-29-7-5-24(35)20-42(29)30(22)43/h4-7,16,18,20,25,28,38H,2-3,8-15,17,19,21H2,1H3/t25-,28+/m1/s1. The molecule has 1 aromatic carbocycles. The van der Waals surface area contributed by atoms with E-state index in [1.807, 2.05) is 4.90 Å². The Morgan fingerprint density at radius 1 is 1.02 bits per heavy atom. The van der Waals surface area contributed by atoms with Gasteiger partial charge >= 0.3 is 6.03 Å². The van der Waals surface area contributed by atoms with Crippen molar-refractivity contribution in [2.45, 2.75) is 88.0 Å². The number of hydrogen-bond acceptors (Lipinski definition) is 5. The van der Waals surface area contributed by atoms with Gasteiger partial charge in [-0.3, -0.25) is 14.1 Å². The smallest absolute Gasteiger partial charge is 0.320 e. The third-order valence-electron chi connectivity index (χ3n) is 10.4. The van der Waals surface area contributed by atoms with Gasteiger partial charge in [0.15, 0.2) is 0 Å². The summed E-state index contributed by atoms with van der Waals surface area (Å²) in [6, 6.07) is 5.66. The van der Waals surface area contributed by atoms with E-state index in [1.54, 1.807) is 11.1 Å². The van der Waals surface area contributed by atoms with Crippen LogP contribution in [0.15, 0.2) is 47.5 Å². The van der Waals surface area contributed by atoms with E-state index in [1.165, 1.54) is 22.6 Å². The Morgan fingerprint density at radius 3 is 2.57 bits per heavy atom. The summed E-state index contributed by atoms with van der Waals surface area (Å²) in [6.45, 7) is 4.51. The van der Waals surface area contributed by atoms with E-state index in [-0.39, 0.29) is 34.3 Å². The lowest BCUT2D eigenvalue weighted by Gasteiger charge is -2.51. The molecule has 44 heavy (non-hydrogen) atoms. The predicted octanol–water partition coefficient (Wildman–Crippen LogP) is 5.01. The van der Waals surface area contributed by atoms with Gasteiger partial charge < -0.3 is 15.1 Å². The minimum atomic E-state index is -0.575. The Hall–Kier alpha value is -3.44. The zero-order valence-corrected chi connectivity index (χ0v) is 25.1. The molecule has 2 aliphatic heterocycles. The number of benzene rings is 1. The van der Waals surface area contributed by atoms with E-state index >= 15 is 4.39 Å². The van der Waals surface area contributed by atoms with E-state index < -0.39 is 23.5 Å². The average molecular weight is 609 g/mol. The summed E-state index contributed by atoms with van der Waals surface area (Å²) < 4.78 is 44.7. The number of urea groups is 1. The molecule has 0 radical (unpaired) electrons. The van der Waals surface area contributed by atoms with Crippen LogP contribution in [0.4, 0.5) is 18.0 Å². The number of nitrogens with zero attached hydrogens (tertiary/aromatic N) is 5. The number of amides is 2. The number of rotatable bonds is 5. The van der Waals surface area contributed by atoms with Crippen molar-refractivity contribution < 1.29 is 18.0 Å². The molecule has 11 heteroatoms. The Bertz CT molecular complexity index is 1640. The topological polar surface area (TPSA) is 73.2 Å². The Kier molecular flexibility index (Phi) is 7.43. The minimum Gasteiger partial charge on any atom is -0.321 e. The Labute approximate surface area is 254 Å². The molecule has 2 saturated carbocycles. The third-order valence-corrected chi connectivity index (χ3v) is 10.4. The molecule has 1 N–H and O–H groups in total. The number of carbonyl (C=O) groups is 1. The fourth-order valence-corrected chi connectivity index (χ4v) is 7.73. The van der Waals surface area contributed by atoms with Crippen molar-refractivity contribution in [2.75, 3.05) is 26.2 Å². The maximum absolute atomic E-state index is 15.2. The van der Waals surface area contributed by atoms with Crippen LogP contribution in [0.5, 0.6) is 0 Å². The average Bonchev–Trinajstić information content (AvgIpc) is 3.55. The van der Waals surface area contributed by atoms with Crippen molar-refractivity contribution in [1.29, 1.82) is 0 Å². The first-order chi connectivity index (χ1) is 21.1. The highest BCUT2D eigenvalue weighted by atomic mass is 19.1. The SMILES string of the molecule is CC1(N[C@@H]2CCN(C(=O)N3CCN(Cc4cnc5ccc(F)cn5c4=O)C4(CCCC4)C3)[C@H](c3cc(F)ccc3F)C2)CC1. The van der Waals surface area contributed by atoms with Crippen LogP contribution < -0.4 is 10.9 Å². The normalized spacial score (nSPS) is 24.7. The number of nitrogens with one attached hydrogen (secondary N) is 1. The number of aromatic nitrogens is 2. The van der Waals surface area contributed by atoms with Crippen LogP contribution in [0.3, 0.4) is 0 Å². The van der Waals surface area contributed by atoms with Gasteiger partial charge in [-0.1, -0.05) is 12.8 Å². The summed E-state index contributed by atoms with van der Waals surface area (Å²) in [4.78, 5) is 37.9. The lowest BCUT2D eigenvalue weighted by atomic mass is 9.89. The lowest BCUT2D eigenvalue weighted by Crippen LogP contribution is -2.64. The Morgan fingerprint density at radius 2 is 1.80 bits per heavy atom. The highest BCUT2D eigenvalue weighted by Crippen LogP contribution is 2.42. The highest BCUT2D eigenvalue weighted by molar-refractivity contribution is 5.75. The van der Waals surface area contributed by atoms with E-state index in [0.29, 0.717) is 50.4 Å². The van der Waals surface area contributed by atoms with Crippen LogP contribution in [0, 0.1) is 17.5 Å². The first-order valence-electron chi connectivity index (χ1n) is 15.8. The monoisotopic (exact) mass is 608 g/mol. The van der Waals surface area contributed by atoms with Gasteiger partial charge in [-0.15, -0.1) is 0 Å². The van der Waals surface area contributed by atoms with Gasteiger partial charge in [-0.25, -0.2) is 22.9 Å². The number of fused-ring (bicyclic) bond motifs is 1. The predicted molar refractivity (Wildman–Crippen MR) is 160 cm³/mol. The van der Waals surface area contributed by atoms with E-state index in [9.17, 15) is 18.4 Å². The van der Waals surface area contributed by atoms with Gasteiger partial charge in [0.05, 0.1) is 11.6 Å². The minimum absolute atomic E-state index is 0.0875. The molecule has 4 heterocycles. The summed E-state index contributed by atoms with van der Waals surface area (Å²) in [7, 11) is 0. The van der Waals surface area contributed by atoms with Gasteiger partial charge in [0.25, 0.3) is 5.56 Å². The largest absolute Gasteiger partial charge is 0.321 e. The van der Waals surface area contributed by atoms with Gasteiger partial charge in [-0.05, 0) is 75.8 Å². The molecule has 234 valence electrons. The maximum Gasteiger partial charge on any atom is 0.320 e. The second-order valence-corrected chi connectivity index (χ2v) is 13.5. The highest BCUT2D eigenvalue weighted by Gasteiger charge is 2.47. The number of piperidine rings is 1. The number of carbonyl (C=O) groups excluding carboxylic acids is 1. The van der Waals surface area contributed by atoms with E-state index in [2.05, 4.69) is 22.1 Å². The molecule has 8 nitrogen and oxygen atoms in total. The van der Waals surface area contributed by atoms with Crippen molar-refractivity contribution in [3.05, 3.63) is 81.7 Å². The van der Waals surface area contributed by atoms with Crippen molar-refractivity contribution in [3.63, 3.8) is 0 Å². The van der Waals surface area contributed by atoms with E-state index in [0.717, 1.165) is 63.3 Å².